The van der Waals surface area contributed by atoms with Crippen molar-refractivity contribution < 1.29 is 33.3 Å². The van der Waals surface area contributed by atoms with Gasteiger partial charge in [0, 0.05) is 67.3 Å². The fourth-order valence-electron chi connectivity index (χ4n) is 7.23. The number of ether oxygens (including phenoxy) is 5. The minimum Gasteiger partial charge on any atom is -0.493 e. The van der Waals surface area contributed by atoms with Gasteiger partial charge >= 0.3 is 5.97 Å². The van der Waals surface area contributed by atoms with E-state index in [1.54, 1.807) is 63.7 Å². The molecule has 6 heterocycles. The third kappa shape index (κ3) is 10.4. The first-order valence-corrected chi connectivity index (χ1v) is 21.9. The van der Waals surface area contributed by atoms with Gasteiger partial charge in [-0.1, -0.05) is 0 Å². The highest BCUT2D eigenvalue weighted by Gasteiger charge is 2.28. The smallest absolute Gasteiger partial charge is 0.337 e. The van der Waals surface area contributed by atoms with E-state index >= 15 is 0 Å². The summed E-state index contributed by atoms with van der Waals surface area (Å²) in [6.07, 6.45) is 1.69. The van der Waals surface area contributed by atoms with E-state index in [-0.39, 0.29) is 30.4 Å². The maximum absolute atomic E-state index is 12.8. The number of nitrogens with two attached hydrogens (primary N) is 1. The van der Waals surface area contributed by atoms with Gasteiger partial charge in [0.05, 0.1) is 52.1 Å². The second kappa shape index (κ2) is 20.8. The molecule has 0 radical (unpaired) electrons. The summed E-state index contributed by atoms with van der Waals surface area (Å²) in [7, 11) is 7.72. The molecule has 340 valence electrons. The molecule has 22 heteroatoms. The molecule has 1 amide bonds. The summed E-state index contributed by atoms with van der Waals surface area (Å²) in [4.78, 5) is 57.9. The summed E-state index contributed by atoms with van der Waals surface area (Å²) in [5, 5.41) is 9.73. The summed E-state index contributed by atoms with van der Waals surface area (Å²) in [5.74, 6) is 4.38. The average Bonchev–Trinajstić information content (AvgIpc) is 4.17. The number of carbonyl (C=O) groups is 2. The number of benzene rings is 3. The van der Waals surface area contributed by atoms with Gasteiger partial charge in [0.1, 0.15) is 11.0 Å². The van der Waals surface area contributed by atoms with Crippen LogP contribution in [-0.4, -0.2) is 116 Å². The molecule has 2 atom stereocenters. The summed E-state index contributed by atoms with van der Waals surface area (Å²) in [5.41, 5.74) is 13.4. The fourth-order valence-corrected chi connectivity index (χ4v) is 8.54. The van der Waals surface area contributed by atoms with Crippen molar-refractivity contribution >= 4 is 103 Å². The van der Waals surface area contributed by atoms with Gasteiger partial charge in [-0.25, -0.2) is 14.8 Å². The molecule has 2 unspecified atom stereocenters. The van der Waals surface area contributed by atoms with Crippen molar-refractivity contribution in [1.29, 1.82) is 0 Å². The number of anilines is 6. The van der Waals surface area contributed by atoms with Crippen LogP contribution in [0.25, 0.3) is 20.7 Å². The standard InChI is InChI=1S/C26H26N6O5S.C17H20N6O2S.ClH/c1-35-19-9-8-17(12-20(19)36-2)28-22-21-24(38-14-27-21)31-26(30-22)32-11-10-18(13-32)29-23(33)15-4-6-16(7-5-15)25(34)37-3;1-24-12-4-3-11(7-13(12)25-2)20-15-14-16(26-9-19-14)22-17(21-15)23-6-5-10(18)8-23;/h4-9,12,14,18H,10-11,13H2,1-3H3,(H,29,33)(H,28,30,31);3-4,7,9-10H,5-6,8,18H2,1-2H3,(H,20,21,22);1H. The molecule has 0 spiro atoms. The highest BCUT2D eigenvalue weighted by atomic mass is 35.5. The van der Waals surface area contributed by atoms with E-state index in [2.05, 4.69) is 35.8 Å². The lowest BCUT2D eigenvalue weighted by Crippen LogP contribution is -2.37. The van der Waals surface area contributed by atoms with Crippen LogP contribution in [0.4, 0.5) is 34.9 Å². The number of esters is 1. The Bertz CT molecular complexity index is 2780. The number of halogens is 1. The van der Waals surface area contributed by atoms with Gasteiger partial charge < -0.3 is 55.2 Å². The van der Waals surface area contributed by atoms with Crippen LogP contribution in [0.3, 0.4) is 0 Å². The molecular formula is C43H47ClN12O7S2. The van der Waals surface area contributed by atoms with Gasteiger partial charge in [-0.2, -0.15) is 19.9 Å². The summed E-state index contributed by atoms with van der Waals surface area (Å²) >= 11 is 2.93. The zero-order chi connectivity index (χ0) is 44.7. The minimum atomic E-state index is -0.443. The second-order valence-corrected chi connectivity index (χ2v) is 16.3. The second-order valence-electron chi connectivity index (χ2n) is 14.6. The minimum absolute atomic E-state index is 0. The van der Waals surface area contributed by atoms with Crippen molar-refractivity contribution in [2.45, 2.75) is 24.9 Å². The SMILES string of the molecule is COC(=O)c1ccc(C(=O)NC2CCN(c3nc(Nc4ccc(OC)c(OC)c4)c4ncsc4n3)C2)cc1.COc1ccc(Nc2nc(N3CCC(N)C3)nc3scnc23)cc1OC.Cl. The van der Waals surface area contributed by atoms with Gasteiger partial charge in [-0.05, 0) is 61.4 Å². The summed E-state index contributed by atoms with van der Waals surface area (Å²) in [6, 6.07) is 17.6. The number of amides is 1. The van der Waals surface area contributed by atoms with Gasteiger partial charge in [-0.15, -0.1) is 35.1 Å². The molecule has 0 saturated carbocycles. The van der Waals surface area contributed by atoms with Gasteiger partial charge in [0.2, 0.25) is 11.9 Å². The van der Waals surface area contributed by atoms with Crippen LogP contribution in [-0.2, 0) is 4.74 Å². The monoisotopic (exact) mass is 942 g/mol. The first-order valence-electron chi connectivity index (χ1n) is 20.1. The van der Waals surface area contributed by atoms with Crippen LogP contribution in [0.15, 0.2) is 71.7 Å². The Kier molecular flexibility index (Phi) is 14.8. The Morgan fingerprint density at radius 1 is 0.646 bits per heavy atom. The predicted octanol–water partition coefficient (Wildman–Crippen LogP) is 6.45. The topological polar surface area (TPSA) is 226 Å². The highest BCUT2D eigenvalue weighted by molar-refractivity contribution is 7.16. The molecule has 65 heavy (non-hydrogen) atoms. The third-order valence-electron chi connectivity index (χ3n) is 10.5. The highest BCUT2D eigenvalue weighted by Crippen LogP contribution is 2.35. The molecule has 7 aromatic rings. The summed E-state index contributed by atoms with van der Waals surface area (Å²) < 4.78 is 26.1. The number of fused-ring (bicyclic) bond motifs is 2. The molecule has 5 N–H and O–H groups in total. The van der Waals surface area contributed by atoms with Crippen molar-refractivity contribution in [2.75, 3.05) is 82.2 Å². The third-order valence-corrected chi connectivity index (χ3v) is 12.0. The lowest BCUT2D eigenvalue weighted by molar-refractivity contribution is 0.0600. The first-order chi connectivity index (χ1) is 31.2. The lowest BCUT2D eigenvalue weighted by Gasteiger charge is -2.18. The summed E-state index contributed by atoms with van der Waals surface area (Å²) in [6.45, 7) is 2.87. The number of nitrogens with one attached hydrogen (secondary N) is 3. The van der Waals surface area contributed by atoms with Gasteiger partial charge in [0.15, 0.2) is 44.3 Å². The Balaban J connectivity index is 0.000000204. The molecule has 0 aliphatic carbocycles. The Morgan fingerprint density at radius 2 is 1.14 bits per heavy atom. The molecule has 2 aliphatic rings. The molecule has 2 fully saturated rings. The number of nitrogens with zero attached hydrogens (tertiary/aromatic N) is 8. The molecule has 3 aromatic carbocycles. The number of methoxy groups -OCH3 is 5. The largest absolute Gasteiger partial charge is 0.493 e. The maximum atomic E-state index is 12.8. The van der Waals surface area contributed by atoms with E-state index in [9.17, 15) is 9.59 Å². The first kappa shape index (κ1) is 46.2. The lowest BCUT2D eigenvalue weighted by atomic mass is 10.1. The van der Waals surface area contributed by atoms with Gasteiger partial charge in [-0.3, -0.25) is 4.79 Å². The Hall–Kier alpha value is -6.81. The van der Waals surface area contributed by atoms with Crippen molar-refractivity contribution in [3.63, 3.8) is 0 Å². The van der Waals surface area contributed by atoms with Crippen molar-refractivity contribution in [1.82, 2.24) is 35.2 Å². The van der Waals surface area contributed by atoms with Crippen LogP contribution >= 0.6 is 35.1 Å². The Morgan fingerprint density at radius 3 is 1.62 bits per heavy atom. The van der Waals surface area contributed by atoms with E-state index in [1.807, 2.05) is 41.3 Å². The van der Waals surface area contributed by atoms with E-state index in [4.69, 9.17) is 44.4 Å². The maximum Gasteiger partial charge on any atom is 0.337 e. The average molecular weight is 944 g/mol. The van der Waals surface area contributed by atoms with Crippen LogP contribution in [0, 0.1) is 0 Å². The van der Waals surface area contributed by atoms with Crippen molar-refractivity contribution in [3.05, 3.63) is 82.8 Å². The normalized spacial score (nSPS) is 15.4. The van der Waals surface area contributed by atoms with Crippen LogP contribution in [0.5, 0.6) is 23.0 Å². The number of aromatic nitrogens is 6. The molecule has 9 rings (SSSR count). The zero-order valence-corrected chi connectivity index (χ0v) is 38.5. The predicted molar refractivity (Wildman–Crippen MR) is 254 cm³/mol. The van der Waals surface area contributed by atoms with Crippen molar-refractivity contribution in [2.24, 2.45) is 5.73 Å². The number of carbonyl (C=O) groups excluding carboxylic acids is 2. The van der Waals surface area contributed by atoms with E-state index in [0.29, 0.717) is 76.3 Å². The molecule has 2 saturated heterocycles. The number of hydrogen-bond donors (Lipinski definition) is 4. The molecule has 4 aromatic heterocycles. The molecule has 2 aliphatic heterocycles. The molecule has 19 nitrogen and oxygen atoms in total. The Labute approximate surface area is 388 Å². The fraction of sp³-hybridized carbons (Fsp3) is 0.302. The number of rotatable bonds is 13. The quantitative estimate of drug-likeness (QED) is 0.0911. The van der Waals surface area contributed by atoms with Crippen LogP contribution in [0.1, 0.15) is 33.6 Å². The molecular weight excluding hydrogens is 896 g/mol. The number of thiazole rings is 2. The number of hydrogen-bond acceptors (Lipinski definition) is 20. The van der Waals surface area contributed by atoms with Crippen LogP contribution in [0.2, 0.25) is 0 Å². The van der Waals surface area contributed by atoms with E-state index in [0.717, 1.165) is 52.5 Å². The van der Waals surface area contributed by atoms with E-state index < -0.39 is 5.97 Å². The molecule has 0 bridgehead atoms. The zero-order valence-electron chi connectivity index (χ0n) is 36.1. The van der Waals surface area contributed by atoms with Gasteiger partial charge in [0.25, 0.3) is 5.91 Å². The van der Waals surface area contributed by atoms with Crippen LogP contribution < -0.4 is 50.4 Å². The van der Waals surface area contributed by atoms with Crippen molar-refractivity contribution in [3.8, 4) is 23.0 Å². The van der Waals surface area contributed by atoms with E-state index in [1.165, 1.54) is 29.8 Å².